The number of thiophene rings is 1. The molecule has 0 radical (unpaired) electrons. The van der Waals surface area contributed by atoms with Crippen LogP contribution in [0.2, 0.25) is 0 Å². The maximum atomic E-state index is 5.74. The van der Waals surface area contributed by atoms with Crippen molar-refractivity contribution >= 4 is 34.2 Å². The third kappa shape index (κ3) is 3.09. The van der Waals surface area contributed by atoms with Gasteiger partial charge < -0.3 is 11.1 Å². The average Bonchev–Trinajstić information content (AvgIpc) is 2.84. The molecule has 0 unspecified atom stereocenters. The summed E-state index contributed by atoms with van der Waals surface area (Å²) in [4.78, 5) is 1.82. The summed E-state index contributed by atoms with van der Waals surface area (Å²) in [7, 11) is 0. The highest BCUT2D eigenvalue weighted by molar-refractivity contribution is 7.80. The summed E-state index contributed by atoms with van der Waals surface area (Å²) in [6, 6.07) is 10.2. The van der Waals surface area contributed by atoms with Crippen LogP contribution in [0.4, 0.5) is 5.69 Å². The lowest BCUT2D eigenvalue weighted by Crippen LogP contribution is -2.15. The summed E-state index contributed by atoms with van der Waals surface area (Å²) in [5.41, 5.74) is 8.90. The zero-order chi connectivity index (χ0) is 13.0. The quantitative estimate of drug-likeness (QED) is 0.823. The van der Waals surface area contributed by atoms with E-state index in [2.05, 4.69) is 35.8 Å². The molecule has 3 N–H and O–H groups in total. The van der Waals surface area contributed by atoms with Crippen LogP contribution < -0.4 is 11.1 Å². The van der Waals surface area contributed by atoms with E-state index in [0.29, 0.717) is 4.99 Å². The van der Waals surface area contributed by atoms with E-state index in [9.17, 15) is 0 Å². The van der Waals surface area contributed by atoms with Gasteiger partial charge in [0, 0.05) is 22.7 Å². The molecule has 2 aromatic rings. The van der Waals surface area contributed by atoms with E-state index in [1.54, 1.807) is 11.3 Å². The Kier molecular flexibility index (Phi) is 4.33. The van der Waals surface area contributed by atoms with E-state index in [4.69, 9.17) is 18.0 Å². The van der Waals surface area contributed by atoms with Crippen molar-refractivity contribution in [3.05, 3.63) is 51.7 Å². The van der Waals surface area contributed by atoms with Crippen LogP contribution in [0.5, 0.6) is 0 Å². The van der Waals surface area contributed by atoms with Crippen LogP contribution in [0.15, 0.2) is 35.7 Å². The molecule has 18 heavy (non-hydrogen) atoms. The molecule has 1 heterocycles. The number of benzene rings is 1. The molecular weight excluding hydrogens is 260 g/mol. The van der Waals surface area contributed by atoms with E-state index < -0.39 is 0 Å². The topological polar surface area (TPSA) is 38.0 Å². The Hall–Kier alpha value is -1.39. The number of hydrogen-bond acceptors (Lipinski definition) is 3. The zero-order valence-electron chi connectivity index (χ0n) is 10.3. The molecule has 1 aromatic heterocycles. The normalized spacial score (nSPS) is 10.3. The van der Waals surface area contributed by atoms with Gasteiger partial charge in [-0.25, -0.2) is 0 Å². The highest BCUT2D eigenvalue weighted by atomic mass is 32.1. The third-order valence-electron chi connectivity index (χ3n) is 2.79. The van der Waals surface area contributed by atoms with Crippen molar-refractivity contribution in [3.8, 4) is 0 Å². The molecule has 94 valence electrons. The van der Waals surface area contributed by atoms with Crippen LogP contribution in [0.1, 0.15) is 16.0 Å². The highest BCUT2D eigenvalue weighted by Crippen LogP contribution is 2.20. The standard InChI is InChI=1S/C14H16N2S2/c1-10-4-2-6-12(14(15)17)13(10)16-8-7-11-5-3-9-18-11/h2-6,9,16H,7-8H2,1H3,(H2,15,17). The first-order valence-corrected chi connectivity index (χ1v) is 7.13. The highest BCUT2D eigenvalue weighted by Gasteiger charge is 2.07. The van der Waals surface area contributed by atoms with Gasteiger partial charge in [0.2, 0.25) is 0 Å². The van der Waals surface area contributed by atoms with Crippen molar-refractivity contribution in [2.45, 2.75) is 13.3 Å². The van der Waals surface area contributed by atoms with Crippen molar-refractivity contribution in [3.63, 3.8) is 0 Å². The fraction of sp³-hybridized carbons (Fsp3) is 0.214. The molecule has 2 rings (SSSR count). The molecule has 0 saturated carbocycles. The first kappa shape index (κ1) is 13.1. The second kappa shape index (κ2) is 5.98. The van der Waals surface area contributed by atoms with Gasteiger partial charge in [-0.2, -0.15) is 0 Å². The number of thiocarbonyl (C=S) groups is 1. The smallest absolute Gasteiger partial charge is 0.106 e. The van der Waals surface area contributed by atoms with Crippen LogP contribution >= 0.6 is 23.6 Å². The summed E-state index contributed by atoms with van der Waals surface area (Å²) in [6.45, 7) is 2.95. The fourth-order valence-corrected chi connectivity index (χ4v) is 2.75. The number of nitrogens with two attached hydrogens (primary N) is 1. The van der Waals surface area contributed by atoms with Gasteiger partial charge >= 0.3 is 0 Å². The summed E-state index contributed by atoms with van der Waals surface area (Å²) in [5, 5.41) is 5.54. The summed E-state index contributed by atoms with van der Waals surface area (Å²) >= 11 is 6.86. The minimum Gasteiger partial charge on any atom is -0.389 e. The Morgan fingerprint density at radius 3 is 2.83 bits per heavy atom. The molecular formula is C14H16N2S2. The van der Waals surface area contributed by atoms with Crippen molar-refractivity contribution in [1.82, 2.24) is 0 Å². The van der Waals surface area contributed by atoms with Crippen molar-refractivity contribution in [2.75, 3.05) is 11.9 Å². The van der Waals surface area contributed by atoms with Crippen molar-refractivity contribution < 1.29 is 0 Å². The Bertz CT molecular complexity index is 533. The van der Waals surface area contributed by atoms with E-state index in [1.165, 1.54) is 10.4 Å². The molecule has 0 aliphatic rings. The predicted octanol–water partition coefficient (Wildman–Crippen LogP) is 3.35. The molecule has 1 aromatic carbocycles. The number of rotatable bonds is 5. The first-order chi connectivity index (χ1) is 8.68. The SMILES string of the molecule is Cc1cccc(C(N)=S)c1NCCc1cccs1. The fourth-order valence-electron chi connectivity index (χ4n) is 1.87. The Morgan fingerprint density at radius 2 is 2.17 bits per heavy atom. The minimum atomic E-state index is 0.442. The van der Waals surface area contributed by atoms with Gasteiger partial charge in [0.15, 0.2) is 0 Å². The van der Waals surface area contributed by atoms with E-state index in [1.807, 2.05) is 12.1 Å². The lowest BCUT2D eigenvalue weighted by Gasteiger charge is -2.13. The van der Waals surface area contributed by atoms with Crippen LogP contribution in [-0.2, 0) is 6.42 Å². The predicted molar refractivity (Wildman–Crippen MR) is 83.6 cm³/mol. The summed E-state index contributed by atoms with van der Waals surface area (Å²) in [6.07, 6.45) is 1.02. The third-order valence-corrected chi connectivity index (χ3v) is 3.95. The second-order valence-corrected chi connectivity index (χ2v) is 5.59. The molecule has 0 aliphatic heterocycles. The molecule has 0 bridgehead atoms. The van der Waals surface area contributed by atoms with Crippen molar-refractivity contribution in [2.24, 2.45) is 5.73 Å². The van der Waals surface area contributed by atoms with Gasteiger partial charge in [-0.15, -0.1) is 11.3 Å². The number of hydrogen-bond donors (Lipinski definition) is 2. The summed E-state index contributed by atoms with van der Waals surface area (Å²) < 4.78 is 0. The largest absolute Gasteiger partial charge is 0.389 e. The summed E-state index contributed by atoms with van der Waals surface area (Å²) in [5.74, 6) is 0. The lowest BCUT2D eigenvalue weighted by atomic mass is 10.1. The van der Waals surface area contributed by atoms with Gasteiger partial charge in [-0.1, -0.05) is 30.4 Å². The first-order valence-electron chi connectivity index (χ1n) is 5.84. The second-order valence-electron chi connectivity index (χ2n) is 4.12. The molecule has 0 saturated heterocycles. The average molecular weight is 276 g/mol. The Labute approximate surface area is 117 Å². The van der Waals surface area contributed by atoms with Crippen molar-refractivity contribution in [1.29, 1.82) is 0 Å². The van der Waals surface area contributed by atoms with Gasteiger partial charge in [-0.3, -0.25) is 0 Å². The molecule has 0 amide bonds. The molecule has 0 fully saturated rings. The Balaban J connectivity index is 2.06. The molecule has 0 atom stereocenters. The number of nitrogens with one attached hydrogen (secondary N) is 1. The maximum absolute atomic E-state index is 5.74. The van der Waals surface area contributed by atoms with Gasteiger partial charge in [-0.05, 0) is 36.4 Å². The monoisotopic (exact) mass is 276 g/mol. The van der Waals surface area contributed by atoms with Crippen LogP contribution in [-0.4, -0.2) is 11.5 Å². The van der Waals surface area contributed by atoms with Crippen LogP contribution in [0, 0.1) is 6.92 Å². The number of anilines is 1. The number of aryl methyl sites for hydroxylation is 1. The zero-order valence-corrected chi connectivity index (χ0v) is 11.9. The molecule has 0 aliphatic carbocycles. The van der Waals surface area contributed by atoms with E-state index >= 15 is 0 Å². The van der Waals surface area contributed by atoms with Gasteiger partial charge in [0.25, 0.3) is 0 Å². The molecule has 0 spiro atoms. The maximum Gasteiger partial charge on any atom is 0.106 e. The Morgan fingerprint density at radius 1 is 1.33 bits per heavy atom. The van der Waals surface area contributed by atoms with Crippen LogP contribution in [0.25, 0.3) is 0 Å². The van der Waals surface area contributed by atoms with E-state index in [-0.39, 0.29) is 0 Å². The minimum absolute atomic E-state index is 0.442. The van der Waals surface area contributed by atoms with Crippen LogP contribution in [0.3, 0.4) is 0 Å². The molecule has 2 nitrogen and oxygen atoms in total. The van der Waals surface area contributed by atoms with Gasteiger partial charge in [0.05, 0.1) is 0 Å². The number of para-hydroxylation sites is 1. The van der Waals surface area contributed by atoms with Gasteiger partial charge in [0.1, 0.15) is 4.99 Å². The lowest BCUT2D eigenvalue weighted by molar-refractivity contribution is 1.04. The molecule has 4 heteroatoms. The van der Waals surface area contributed by atoms with E-state index in [0.717, 1.165) is 24.2 Å².